The largest absolute Gasteiger partial charge is 0.496 e. The molecule has 1 saturated heterocycles. The minimum atomic E-state index is -4.98. The first-order valence-electron chi connectivity index (χ1n) is 13.5. The number of ether oxygens (including phenoxy) is 2. The van der Waals surface area contributed by atoms with Crippen molar-refractivity contribution in [1.29, 1.82) is 0 Å². The first-order chi connectivity index (χ1) is 19.0. The summed E-state index contributed by atoms with van der Waals surface area (Å²) in [6.45, 7) is 7.76. The van der Waals surface area contributed by atoms with Gasteiger partial charge in [0.2, 0.25) is 6.41 Å². The van der Waals surface area contributed by atoms with E-state index in [9.17, 15) is 35.8 Å². The van der Waals surface area contributed by atoms with Gasteiger partial charge in [-0.05, 0) is 60.6 Å². The molecule has 1 aromatic rings. The Morgan fingerprint density at radius 2 is 1.80 bits per heavy atom. The number of aliphatic hydroxyl groups excluding tert-OH is 1. The first-order valence-corrected chi connectivity index (χ1v) is 13.5. The van der Waals surface area contributed by atoms with Crippen molar-refractivity contribution in [3.8, 4) is 5.75 Å². The Morgan fingerprint density at radius 1 is 1.12 bits per heavy atom. The zero-order chi connectivity index (χ0) is 30.4. The molecule has 0 saturated carbocycles. The van der Waals surface area contributed by atoms with Crippen molar-refractivity contribution >= 4 is 5.57 Å². The Hall–Kier alpha value is -2.41. The average Bonchev–Trinajstić information content (AvgIpc) is 3.15. The number of allylic oxidation sites excluding steroid dienone is 3. The average molecular weight is 593 g/mol. The van der Waals surface area contributed by atoms with Crippen LogP contribution in [-0.4, -0.2) is 67.7 Å². The third-order valence-electron chi connectivity index (χ3n) is 8.32. The molecule has 5 unspecified atom stereocenters. The van der Waals surface area contributed by atoms with Crippen molar-refractivity contribution < 1.29 is 45.3 Å². The second kappa shape index (κ2) is 11.7. The second-order valence-electron chi connectivity index (χ2n) is 11.2. The molecule has 5 atom stereocenters. The molecule has 12 heteroatoms. The molecule has 3 aliphatic rings. The van der Waals surface area contributed by atoms with Crippen LogP contribution in [0.1, 0.15) is 51.2 Å². The molecule has 1 fully saturated rings. The summed E-state index contributed by atoms with van der Waals surface area (Å²) in [6, 6.07) is 2.35. The van der Waals surface area contributed by atoms with Crippen LogP contribution < -0.4 is 10.1 Å². The van der Waals surface area contributed by atoms with Gasteiger partial charge in [0.15, 0.2) is 0 Å². The lowest BCUT2D eigenvalue weighted by atomic mass is 9.76. The van der Waals surface area contributed by atoms with Gasteiger partial charge in [-0.3, -0.25) is 0 Å². The van der Waals surface area contributed by atoms with Gasteiger partial charge >= 0.3 is 12.4 Å². The fourth-order valence-electron chi connectivity index (χ4n) is 5.99. The molecule has 0 bridgehead atoms. The highest BCUT2D eigenvalue weighted by Crippen LogP contribution is 2.46. The summed E-state index contributed by atoms with van der Waals surface area (Å²) in [5, 5.41) is 14.1. The molecule has 41 heavy (non-hydrogen) atoms. The molecule has 0 aromatic heterocycles. The number of benzene rings is 1. The van der Waals surface area contributed by atoms with Crippen molar-refractivity contribution in [2.45, 2.75) is 70.9 Å². The molecule has 0 radical (unpaired) electrons. The smallest absolute Gasteiger partial charge is 0.416 e. The lowest BCUT2D eigenvalue weighted by molar-refractivity contribution is -0.156. The highest BCUT2D eigenvalue weighted by Gasteiger charge is 2.51. The van der Waals surface area contributed by atoms with Crippen molar-refractivity contribution in [3.63, 3.8) is 0 Å². The van der Waals surface area contributed by atoms with Gasteiger partial charge < -0.3 is 19.9 Å². The van der Waals surface area contributed by atoms with Crippen LogP contribution in [0.4, 0.5) is 30.7 Å². The Balaban J connectivity index is 1.68. The third kappa shape index (κ3) is 6.35. The van der Waals surface area contributed by atoms with Crippen molar-refractivity contribution in [2.24, 2.45) is 11.8 Å². The van der Waals surface area contributed by atoms with Gasteiger partial charge in [-0.25, -0.2) is 9.29 Å². The lowest BCUT2D eigenvalue weighted by Gasteiger charge is -2.35. The molecule has 2 heterocycles. The molecule has 2 N–H and O–H groups in total. The number of halogens is 7. The number of methoxy groups -OCH3 is 1. The topological polar surface area (TPSA) is 54.0 Å². The minimum Gasteiger partial charge on any atom is -0.496 e. The molecule has 4 rings (SSSR count). The zero-order valence-electron chi connectivity index (χ0n) is 23.5. The van der Waals surface area contributed by atoms with Gasteiger partial charge in [-0.15, -0.1) is 0 Å². The Bertz CT molecular complexity index is 1240. The minimum absolute atomic E-state index is 0.0994. The SMILES string of the molecule is COc1cc(F)c(C(C)C)cc1C1=C(CN2C(O)OC(C3C=C(C(F)(F)F)C=C(C(F)(F)F)C3C)C2C)CCNC1. The van der Waals surface area contributed by atoms with Crippen LogP contribution in [0.25, 0.3) is 5.57 Å². The lowest BCUT2D eigenvalue weighted by Crippen LogP contribution is -2.43. The maximum atomic E-state index is 14.7. The molecular weight excluding hydrogens is 557 g/mol. The normalized spacial score (nSPS) is 28.3. The van der Waals surface area contributed by atoms with Gasteiger partial charge in [-0.2, -0.15) is 26.3 Å². The van der Waals surface area contributed by atoms with E-state index < -0.39 is 59.7 Å². The summed E-state index contributed by atoms with van der Waals surface area (Å²) in [5.74, 6) is -2.77. The van der Waals surface area contributed by atoms with Gasteiger partial charge in [0.1, 0.15) is 11.6 Å². The van der Waals surface area contributed by atoms with Gasteiger partial charge in [-0.1, -0.05) is 26.8 Å². The van der Waals surface area contributed by atoms with Crippen LogP contribution in [0.5, 0.6) is 5.75 Å². The van der Waals surface area contributed by atoms with Crippen molar-refractivity contribution in [1.82, 2.24) is 10.2 Å². The molecule has 0 spiro atoms. The number of aliphatic hydroxyl groups is 1. The summed E-state index contributed by atoms with van der Waals surface area (Å²) in [4.78, 5) is 1.53. The van der Waals surface area contributed by atoms with Crippen LogP contribution in [0, 0.1) is 17.7 Å². The van der Waals surface area contributed by atoms with Crippen molar-refractivity contribution in [2.75, 3.05) is 26.7 Å². The Morgan fingerprint density at radius 3 is 2.39 bits per heavy atom. The molecule has 2 aliphatic heterocycles. The molecule has 5 nitrogen and oxygen atoms in total. The zero-order valence-corrected chi connectivity index (χ0v) is 23.5. The van der Waals surface area contributed by atoms with Crippen LogP contribution in [0.3, 0.4) is 0 Å². The number of rotatable bonds is 6. The first kappa shape index (κ1) is 31.5. The number of nitrogens with zero attached hydrogens (tertiary/aromatic N) is 1. The van der Waals surface area contributed by atoms with Gasteiger partial charge in [0, 0.05) is 42.3 Å². The van der Waals surface area contributed by atoms with E-state index in [2.05, 4.69) is 5.32 Å². The summed E-state index contributed by atoms with van der Waals surface area (Å²) in [6.07, 6.45) is -11.1. The summed E-state index contributed by atoms with van der Waals surface area (Å²) in [7, 11) is 1.44. The highest BCUT2D eigenvalue weighted by molar-refractivity contribution is 5.76. The Labute approximate surface area is 234 Å². The Kier molecular flexibility index (Phi) is 8.99. The summed E-state index contributed by atoms with van der Waals surface area (Å²) in [5.41, 5.74) is 0.210. The quantitative estimate of drug-likeness (QED) is 0.379. The number of hydrogen-bond acceptors (Lipinski definition) is 5. The molecule has 228 valence electrons. The van der Waals surface area contributed by atoms with E-state index in [1.54, 1.807) is 13.0 Å². The number of hydrogen-bond donors (Lipinski definition) is 2. The van der Waals surface area contributed by atoms with Crippen LogP contribution >= 0.6 is 0 Å². The maximum Gasteiger partial charge on any atom is 0.416 e. The summed E-state index contributed by atoms with van der Waals surface area (Å²) < 4.78 is 108. The van der Waals surface area contributed by atoms with E-state index in [1.807, 2.05) is 13.8 Å². The van der Waals surface area contributed by atoms with Crippen LogP contribution in [0.2, 0.25) is 0 Å². The van der Waals surface area contributed by atoms with E-state index in [0.29, 0.717) is 36.4 Å². The van der Waals surface area contributed by atoms with Gasteiger partial charge in [0.05, 0.1) is 18.8 Å². The maximum absolute atomic E-state index is 14.7. The fraction of sp³-hybridized carbons (Fsp3) is 0.586. The van der Waals surface area contributed by atoms with Crippen LogP contribution in [-0.2, 0) is 4.74 Å². The van der Waals surface area contributed by atoms with E-state index in [1.165, 1.54) is 25.0 Å². The number of alkyl halides is 6. The number of nitrogens with one attached hydrogen (secondary N) is 1. The fourth-order valence-corrected chi connectivity index (χ4v) is 5.99. The van der Waals surface area contributed by atoms with E-state index in [0.717, 1.165) is 17.2 Å². The highest BCUT2D eigenvalue weighted by atomic mass is 19.4. The standard InChI is InChI=1S/C29H35F7N2O3/c1-14(2)19-10-21(25(40-5)11-24(19)30)22-12-37-7-6-17(22)13-38-16(4)26(41-27(38)39)20-8-18(28(31,32)33)9-23(15(20)3)29(34,35)36/h8-11,14-16,20,26-27,37,39H,6-7,12-13H2,1-5H3. The second-order valence-corrected chi connectivity index (χ2v) is 11.2. The molecule has 1 aliphatic carbocycles. The van der Waals surface area contributed by atoms with E-state index in [-0.39, 0.29) is 18.5 Å². The predicted octanol–water partition coefficient (Wildman–Crippen LogP) is 6.31. The third-order valence-corrected chi connectivity index (χ3v) is 8.32. The van der Waals surface area contributed by atoms with E-state index >= 15 is 0 Å². The van der Waals surface area contributed by atoms with Crippen molar-refractivity contribution in [3.05, 3.63) is 57.9 Å². The van der Waals surface area contributed by atoms with Crippen LogP contribution in [0.15, 0.2) is 41.0 Å². The molecule has 1 aromatic carbocycles. The molecule has 0 amide bonds. The van der Waals surface area contributed by atoms with Gasteiger partial charge in [0.25, 0.3) is 0 Å². The van der Waals surface area contributed by atoms with E-state index in [4.69, 9.17) is 9.47 Å². The molecular formula is C29H35F7N2O3. The predicted molar refractivity (Wildman–Crippen MR) is 139 cm³/mol. The summed E-state index contributed by atoms with van der Waals surface area (Å²) >= 11 is 0. The monoisotopic (exact) mass is 592 g/mol.